The molecule has 0 saturated heterocycles. The summed E-state index contributed by atoms with van der Waals surface area (Å²) in [6.45, 7) is 1.99. The minimum Gasteiger partial charge on any atom is -0.349 e. The molecule has 0 bridgehead atoms. The third-order valence-corrected chi connectivity index (χ3v) is 3.04. The van der Waals surface area contributed by atoms with E-state index < -0.39 is 0 Å². The van der Waals surface area contributed by atoms with E-state index in [9.17, 15) is 0 Å². The highest BCUT2D eigenvalue weighted by Gasteiger charge is 2.17. The second-order valence-corrected chi connectivity index (χ2v) is 4.76. The lowest BCUT2D eigenvalue weighted by molar-refractivity contribution is 1.05. The number of anilines is 1. The molecule has 5 nitrogen and oxygen atoms in total. The average Bonchev–Trinajstić information content (AvgIpc) is 2.86. The molecule has 1 aromatic heterocycles. The quantitative estimate of drug-likeness (QED) is 0.731. The number of hydrogen-bond acceptors (Lipinski definition) is 4. The maximum absolute atomic E-state index is 5.90. The van der Waals surface area contributed by atoms with Gasteiger partial charge in [-0.3, -0.25) is 0 Å². The fourth-order valence-corrected chi connectivity index (χ4v) is 2.10. The lowest BCUT2D eigenvalue weighted by Crippen LogP contribution is -2.09. The summed E-state index contributed by atoms with van der Waals surface area (Å²) in [6.07, 6.45) is 0. The minimum atomic E-state index is 0.259. The first-order valence-electron chi connectivity index (χ1n) is 5.56. The van der Waals surface area contributed by atoms with Crippen LogP contribution in [0.15, 0.2) is 12.1 Å². The number of halogens is 1. The molecule has 0 spiro atoms. The highest BCUT2D eigenvalue weighted by Crippen LogP contribution is 2.30. The molecule has 3 rings (SSSR count). The first-order chi connectivity index (χ1) is 8.56. The maximum Gasteiger partial charge on any atom is 0.223 e. The van der Waals surface area contributed by atoms with Crippen molar-refractivity contribution in [2.45, 2.75) is 6.92 Å². The zero-order valence-electron chi connectivity index (χ0n) is 10.3. The van der Waals surface area contributed by atoms with Gasteiger partial charge in [0.2, 0.25) is 11.2 Å². The molecule has 0 unspecified atom stereocenters. The number of nitrogens with one attached hydrogen (secondary N) is 1. The second kappa shape index (κ2) is 3.81. The first kappa shape index (κ1) is 11.2. The van der Waals surface area contributed by atoms with E-state index in [0.29, 0.717) is 0 Å². The Morgan fingerprint density at radius 3 is 2.56 bits per heavy atom. The van der Waals surface area contributed by atoms with E-state index >= 15 is 0 Å². The van der Waals surface area contributed by atoms with Crippen molar-refractivity contribution in [2.75, 3.05) is 19.0 Å². The summed E-state index contributed by atoms with van der Waals surface area (Å²) in [7, 11) is 3.87. The molecule has 1 N–H and O–H groups in total. The van der Waals surface area contributed by atoms with Crippen LogP contribution in [-0.2, 0) is 0 Å². The molecular formula is C12H12ClN5. The Balaban J connectivity index is 2.41. The molecule has 0 amide bonds. The van der Waals surface area contributed by atoms with Crippen molar-refractivity contribution in [3.8, 4) is 11.4 Å². The summed E-state index contributed by atoms with van der Waals surface area (Å²) < 4.78 is 0. The molecule has 1 aliphatic carbocycles. The fourth-order valence-electron chi connectivity index (χ4n) is 1.93. The summed E-state index contributed by atoms with van der Waals surface area (Å²) in [6, 6.07) is 3.98. The van der Waals surface area contributed by atoms with E-state index in [-0.39, 0.29) is 5.28 Å². The fraction of sp³-hybridized carbons (Fsp3) is 0.250. The van der Waals surface area contributed by atoms with Gasteiger partial charge in [-0.15, -0.1) is 0 Å². The minimum absolute atomic E-state index is 0.259. The van der Waals surface area contributed by atoms with Crippen molar-refractivity contribution in [2.24, 2.45) is 0 Å². The summed E-state index contributed by atoms with van der Waals surface area (Å²) >= 11 is 5.90. The number of aryl methyl sites for hydroxylation is 1. The summed E-state index contributed by atoms with van der Waals surface area (Å²) in [5.74, 6) is 0.786. The molecule has 2 heterocycles. The van der Waals surface area contributed by atoms with Crippen molar-refractivity contribution in [3.63, 3.8) is 0 Å². The van der Waals surface area contributed by atoms with Gasteiger partial charge < -0.3 is 9.88 Å². The van der Waals surface area contributed by atoms with Crippen LogP contribution in [0, 0.1) is 6.92 Å². The van der Waals surface area contributed by atoms with Crippen LogP contribution in [0.3, 0.4) is 0 Å². The van der Waals surface area contributed by atoms with E-state index in [1.165, 1.54) is 0 Å². The summed E-state index contributed by atoms with van der Waals surface area (Å²) in [5, 5.41) is 0.259. The molecule has 0 fully saturated rings. The van der Waals surface area contributed by atoms with E-state index in [2.05, 4.69) is 19.9 Å². The Labute approximate surface area is 109 Å². The summed E-state index contributed by atoms with van der Waals surface area (Å²) in [5.41, 5.74) is 4.28. The Hall–Kier alpha value is -1.88. The predicted octanol–water partition coefficient (Wildman–Crippen LogP) is 2.49. The van der Waals surface area contributed by atoms with Crippen LogP contribution in [0.4, 0.5) is 5.95 Å². The molecule has 92 valence electrons. The largest absolute Gasteiger partial charge is 0.349 e. The van der Waals surface area contributed by atoms with Crippen LogP contribution in [0.25, 0.3) is 22.4 Å². The van der Waals surface area contributed by atoms with Crippen LogP contribution in [0.2, 0.25) is 5.28 Å². The lowest BCUT2D eigenvalue weighted by Gasteiger charge is -2.05. The van der Waals surface area contributed by atoms with Crippen molar-refractivity contribution in [1.82, 2.24) is 19.9 Å². The molecule has 0 aromatic carbocycles. The molecule has 0 atom stereocenters. The van der Waals surface area contributed by atoms with Gasteiger partial charge in [0.05, 0.1) is 11.2 Å². The zero-order valence-corrected chi connectivity index (χ0v) is 11.1. The monoisotopic (exact) mass is 261 g/mol. The molecule has 0 saturated carbocycles. The first-order valence-corrected chi connectivity index (χ1v) is 5.94. The average molecular weight is 262 g/mol. The summed E-state index contributed by atoms with van der Waals surface area (Å²) in [4.78, 5) is 18.2. The lowest BCUT2D eigenvalue weighted by atomic mass is 10.2. The van der Waals surface area contributed by atoms with E-state index in [1.54, 1.807) is 0 Å². The second-order valence-electron chi connectivity index (χ2n) is 4.42. The van der Waals surface area contributed by atoms with Crippen LogP contribution in [-0.4, -0.2) is 34.0 Å². The number of rotatable bonds is 1. The van der Waals surface area contributed by atoms with Gasteiger partial charge in [0, 0.05) is 14.1 Å². The molecule has 1 aliphatic heterocycles. The van der Waals surface area contributed by atoms with Crippen molar-refractivity contribution in [3.05, 3.63) is 23.0 Å². The number of H-pyrrole nitrogens is 1. The number of imidazole rings is 2. The number of hydrogen-bond donors (Lipinski definition) is 1. The van der Waals surface area contributed by atoms with Crippen LogP contribution >= 0.6 is 11.6 Å². The van der Waals surface area contributed by atoms with Gasteiger partial charge in [-0.1, -0.05) is 6.07 Å². The van der Waals surface area contributed by atoms with Crippen LogP contribution in [0.1, 0.15) is 5.56 Å². The SMILES string of the molecule is Cc1ccc2[nH]c(N(C)C)nc2c2nc(Cl)nc1-2. The Morgan fingerprint density at radius 1 is 1.11 bits per heavy atom. The molecule has 1 aromatic rings. The van der Waals surface area contributed by atoms with Crippen LogP contribution < -0.4 is 4.90 Å². The smallest absolute Gasteiger partial charge is 0.223 e. The third kappa shape index (κ3) is 1.59. The Kier molecular flexibility index (Phi) is 2.38. The van der Waals surface area contributed by atoms with Crippen LogP contribution in [0.5, 0.6) is 0 Å². The van der Waals surface area contributed by atoms with Gasteiger partial charge in [-0.2, -0.15) is 0 Å². The number of fused-ring (bicyclic) bond motifs is 3. The zero-order chi connectivity index (χ0) is 12.9. The highest BCUT2D eigenvalue weighted by atomic mass is 35.5. The van der Waals surface area contributed by atoms with Gasteiger partial charge in [0.25, 0.3) is 0 Å². The van der Waals surface area contributed by atoms with Crippen molar-refractivity contribution < 1.29 is 0 Å². The Morgan fingerprint density at radius 2 is 1.83 bits per heavy atom. The molecule has 18 heavy (non-hydrogen) atoms. The van der Waals surface area contributed by atoms with E-state index in [0.717, 1.165) is 33.9 Å². The number of aromatic amines is 1. The Bertz CT molecular complexity index is 703. The molecule has 6 heteroatoms. The van der Waals surface area contributed by atoms with Crippen molar-refractivity contribution >= 4 is 28.6 Å². The van der Waals surface area contributed by atoms with Gasteiger partial charge in [0.15, 0.2) is 0 Å². The van der Waals surface area contributed by atoms with E-state index in [1.807, 2.05) is 38.1 Å². The number of nitrogens with zero attached hydrogens (tertiary/aromatic N) is 4. The molecule has 2 aliphatic rings. The van der Waals surface area contributed by atoms with Gasteiger partial charge in [0.1, 0.15) is 11.2 Å². The van der Waals surface area contributed by atoms with Crippen molar-refractivity contribution in [1.29, 1.82) is 0 Å². The van der Waals surface area contributed by atoms with Gasteiger partial charge in [-0.25, -0.2) is 15.0 Å². The standard InChI is InChI=1S/C12H12ClN5/c1-6-4-5-7-9(17-12(14-7)18(2)3)10-8(6)15-11(13)16-10/h4-5H,1-3H3,(H,14,17). The third-order valence-electron chi connectivity index (χ3n) is 2.87. The predicted molar refractivity (Wildman–Crippen MR) is 72.4 cm³/mol. The van der Waals surface area contributed by atoms with Gasteiger partial charge >= 0.3 is 0 Å². The maximum atomic E-state index is 5.90. The normalized spacial score (nSPS) is 11.3. The number of aromatic nitrogens is 4. The van der Waals surface area contributed by atoms with Gasteiger partial charge in [-0.05, 0) is 30.2 Å². The molecular weight excluding hydrogens is 250 g/mol. The topological polar surface area (TPSA) is 57.7 Å². The highest BCUT2D eigenvalue weighted by molar-refractivity contribution is 6.28. The van der Waals surface area contributed by atoms with E-state index in [4.69, 9.17) is 11.6 Å². The molecule has 0 radical (unpaired) electrons.